The minimum absolute atomic E-state index is 0.115. The number of esters is 1. The third kappa shape index (κ3) is 14.4. The van der Waals surface area contributed by atoms with E-state index in [1.807, 2.05) is 69.3 Å². The van der Waals surface area contributed by atoms with Gasteiger partial charge in [-0.2, -0.15) is 0 Å². The van der Waals surface area contributed by atoms with Crippen molar-refractivity contribution < 1.29 is 33.4 Å². The van der Waals surface area contributed by atoms with E-state index in [4.69, 9.17) is 15.2 Å². The number of ether oxygens (including phenoxy) is 2. The fourth-order valence-electron chi connectivity index (χ4n) is 5.81. The van der Waals surface area contributed by atoms with Crippen LogP contribution in [0.4, 0.5) is 4.79 Å². The van der Waals surface area contributed by atoms with Gasteiger partial charge in [-0.3, -0.25) is 14.4 Å². The summed E-state index contributed by atoms with van der Waals surface area (Å²) in [7, 11) is 0. The molecular formula is C40H60N4O7. The first kappa shape index (κ1) is 42.8. The Hall–Kier alpha value is -4.41. The second-order valence-corrected chi connectivity index (χ2v) is 15.8. The lowest BCUT2D eigenvalue weighted by molar-refractivity contribution is -0.159. The molecule has 0 saturated heterocycles. The number of benzene rings is 2. The molecule has 4 N–H and O–H groups in total. The highest BCUT2D eigenvalue weighted by Crippen LogP contribution is 2.32. The molecular weight excluding hydrogens is 648 g/mol. The Morgan fingerprint density at radius 3 is 1.82 bits per heavy atom. The summed E-state index contributed by atoms with van der Waals surface area (Å²) in [5, 5.41) is 5.62. The van der Waals surface area contributed by atoms with Gasteiger partial charge >= 0.3 is 12.1 Å². The molecule has 11 heteroatoms. The van der Waals surface area contributed by atoms with Crippen molar-refractivity contribution in [3.8, 4) is 0 Å². The topological polar surface area (TPSA) is 157 Å². The van der Waals surface area contributed by atoms with Crippen molar-refractivity contribution in [1.29, 1.82) is 0 Å². The average Bonchev–Trinajstić information content (AvgIpc) is 2.99. The fraction of sp³-hybridized carbons (Fsp3) is 0.575. The number of nitrogens with one attached hydrogen (secondary N) is 2. The van der Waals surface area contributed by atoms with Crippen LogP contribution in [0.2, 0.25) is 0 Å². The van der Waals surface area contributed by atoms with Crippen molar-refractivity contribution in [1.82, 2.24) is 15.5 Å². The average molecular weight is 709 g/mol. The predicted octanol–water partition coefficient (Wildman–Crippen LogP) is 6.23. The van der Waals surface area contributed by atoms with Gasteiger partial charge in [0, 0.05) is 18.9 Å². The van der Waals surface area contributed by atoms with Gasteiger partial charge in [-0.05, 0) is 110 Å². The van der Waals surface area contributed by atoms with Crippen LogP contribution in [-0.2, 0) is 35.1 Å². The number of carbonyl (C=O) groups excluding carboxylic acids is 5. The summed E-state index contributed by atoms with van der Waals surface area (Å²) in [6, 6.07) is 10.8. The summed E-state index contributed by atoms with van der Waals surface area (Å²) in [6.07, 6.45) is 0.272. The summed E-state index contributed by atoms with van der Waals surface area (Å²) < 4.78 is 11.2. The number of amides is 4. The summed E-state index contributed by atoms with van der Waals surface area (Å²) in [5.41, 5.74) is 6.74. The molecule has 0 fully saturated rings. The Morgan fingerprint density at radius 2 is 1.31 bits per heavy atom. The lowest BCUT2D eigenvalue weighted by Crippen LogP contribution is -2.57. The van der Waals surface area contributed by atoms with Crippen LogP contribution in [-0.4, -0.2) is 64.0 Å². The fourth-order valence-corrected chi connectivity index (χ4v) is 5.81. The van der Waals surface area contributed by atoms with Gasteiger partial charge in [0.05, 0.1) is 0 Å². The van der Waals surface area contributed by atoms with E-state index in [0.29, 0.717) is 17.9 Å². The molecule has 4 amide bonds. The summed E-state index contributed by atoms with van der Waals surface area (Å²) in [5.74, 6) is -2.14. The Kier molecular flexibility index (Phi) is 15.7. The zero-order chi connectivity index (χ0) is 38.7. The number of hydrogen-bond acceptors (Lipinski definition) is 7. The smallest absolute Gasteiger partial charge is 0.408 e. The number of nitrogens with two attached hydrogens (primary N) is 1. The minimum Gasteiger partial charge on any atom is -0.458 e. The minimum atomic E-state index is -1.25. The van der Waals surface area contributed by atoms with Gasteiger partial charge in [-0.15, -0.1) is 0 Å². The molecule has 0 spiro atoms. The monoisotopic (exact) mass is 708 g/mol. The molecule has 282 valence electrons. The molecule has 11 nitrogen and oxygen atoms in total. The number of rotatable bonds is 16. The van der Waals surface area contributed by atoms with E-state index in [-0.39, 0.29) is 19.3 Å². The molecule has 0 bridgehead atoms. The molecule has 4 unspecified atom stereocenters. The first-order valence-electron chi connectivity index (χ1n) is 17.8. The molecule has 2 rings (SSSR count). The van der Waals surface area contributed by atoms with E-state index in [9.17, 15) is 24.0 Å². The number of aryl methyl sites for hydroxylation is 2. The normalized spacial score (nSPS) is 14.1. The van der Waals surface area contributed by atoms with E-state index in [2.05, 4.69) is 24.5 Å². The third-order valence-electron chi connectivity index (χ3n) is 8.19. The van der Waals surface area contributed by atoms with Crippen molar-refractivity contribution in [3.63, 3.8) is 0 Å². The lowest BCUT2D eigenvalue weighted by Gasteiger charge is -2.40. The maximum absolute atomic E-state index is 14.9. The van der Waals surface area contributed by atoms with E-state index < -0.39 is 65.2 Å². The third-order valence-corrected chi connectivity index (χ3v) is 8.19. The second kappa shape index (κ2) is 18.7. The molecule has 51 heavy (non-hydrogen) atoms. The van der Waals surface area contributed by atoms with Crippen LogP contribution in [0.1, 0.15) is 116 Å². The predicted molar refractivity (Wildman–Crippen MR) is 199 cm³/mol. The maximum Gasteiger partial charge on any atom is 0.408 e. The molecule has 0 heterocycles. The van der Waals surface area contributed by atoms with Gasteiger partial charge in [0.15, 0.2) is 0 Å². The SMILES string of the molecule is Cc1cccc(C)c1C(C(=O)NC(Cc1ccccc1)C(=O)OC(C)(C)C)N(C(=O)C(CCC(N)=O)NC(=O)OC(C)(C)C)C(C)CCC(C)C. The molecule has 0 saturated carbocycles. The lowest BCUT2D eigenvalue weighted by atomic mass is 9.91. The van der Waals surface area contributed by atoms with Gasteiger partial charge in [-0.1, -0.05) is 62.4 Å². The van der Waals surface area contributed by atoms with Crippen molar-refractivity contribution in [2.75, 3.05) is 0 Å². The highest BCUT2D eigenvalue weighted by molar-refractivity contribution is 5.94. The Labute approximate surface area is 304 Å². The largest absolute Gasteiger partial charge is 0.458 e. The van der Waals surface area contributed by atoms with Crippen LogP contribution in [0.15, 0.2) is 48.5 Å². The Bertz CT molecular complexity index is 1470. The summed E-state index contributed by atoms with van der Waals surface area (Å²) >= 11 is 0. The van der Waals surface area contributed by atoms with Crippen LogP contribution in [0, 0.1) is 19.8 Å². The number of hydrogen-bond donors (Lipinski definition) is 3. The molecule has 2 aromatic rings. The molecule has 2 aromatic carbocycles. The van der Waals surface area contributed by atoms with Crippen LogP contribution >= 0.6 is 0 Å². The Morgan fingerprint density at radius 1 is 0.745 bits per heavy atom. The number of carbonyl (C=O) groups is 5. The van der Waals surface area contributed by atoms with Gasteiger partial charge in [0.1, 0.15) is 29.3 Å². The molecule has 0 aromatic heterocycles. The first-order valence-corrected chi connectivity index (χ1v) is 17.8. The van der Waals surface area contributed by atoms with Crippen molar-refractivity contribution in [2.45, 2.75) is 144 Å². The van der Waals surface area contributed by atoms with Crippen LogP contribution in [0.5, 0.6) is 0 Å². The molecule has 0 aliphatic rings. The van der Waals surface area contributed by atoms with Crippen molar-refractivity contribution in [3.05, 3.63) is 70.8 Å². The summed E-state index contributed by atoms with van der Waals surface area (Å²) in [4.78, 5) is 70.0. The van der Waals surface area contributed by atoms with Crippen LogP contribution in [0.3, 0.4) is 0 Å². The quantitative estimate of drug-likeness (QED) is 0.175. The standard InChI is InChI=1S/C40H60N4O7/c1-25(2)20-21-28(5)44(36(47)30(22-23-32(41)45)43-38(49)51-40(9,10)11)34(33-26(3)16-15-17-27(33)4)35(46)42-31(37(48)50-39(6,7)8)24-29-18-13-12-14-19-29/h12-19,25,28,30-31,34H,20-24H2,1-11H3,(H2,41,45)(H,42,46)(H,43,49). The Balaban J connectivity index is 2.79. The van der Waals surface area contributed by atoms with E-state index >= 15 is 0 Å². The zero-order valence-corrected chi connectivity index (χ0v) is 32.4. The summed E-state index contributed by atoms with van der Waals surface area (Å²) in [6.45, 7) is 20.1. The number of nitrogens with zero attached hydrogens (tertiary/aromatic N) is 1. The molecule has 0 radical (unpaired) electrons. The van der Waals surface area contributed by atoms with E-state index in [1.54, 1.807) is 41.5 Å². The van der Waals surface area contributed by atoms with Gasteiger partial charge in [0.2, 0.25) is 17.7 Å². The zero-order valence-electron chi connectivity index (χ0n) is 32.4. The highest BCUT2D eigenvalue weighted by Gasteiger charge is 2.41. The van der Waals surface area contributed by atoms with Crippen molar-refractivity contribution >= 4 is 29.8 Å². The van der Waals surface area contributed by atoms with E-state index in [1.165, 1.54) is 4.90 Å². The van der Waals surface area contributed by atoms with E-state index in [0.717, 1.165) is 23.1 Å². The van der Waals surface area contributed by atoms with Gasteiger partial charge in [0.25, 0.3) is 0 Å². The van der Waals surface area contributed by atoms with Gasteiger partial charge < -0.3 is 30.7 Å². The van der Waals surface area contributed by atoms with Gasteiger partial charge in [-0.25, -0.2) is 9.59 Å². The first-order chi connectivity index (χ1) is 23.6. The second-order valence-electron chi connectivity index (χ2n) is 15.8. The maximum atomic E-state index is 14.9. The molecule has 4 atom stereocenters. The van der Waals surface area contributed by atoms with Crippen LogP contribution in [0.25, 0.3) is 0 Å². The highest BCUT2D eigenvalue weighted by atomic mass is 16.6. The molecule has 0 aliphatic carbocycles. The van der Waals surface area contributed by atoms with Crippen molar-refractivity contribution in [2.24, 2.45) is 11.7 Å². The number of alkyl carbamates (subject to hydrolysis) is 1. The molecule has 0 aliphatic heterocycles. The van der Waals surface area contributed by atoms with Crippen LogP contribution < -0.4 is 16.4 Å². The number of primary amides is 1.